The van der Waals surface area contributed by atoms with Crippen LogP contribution in [0.3, 0.4) is 0 Å². The molecule has 2 aromatic rings. The summed E-state index contributed by atoms with van der Waals surface area (Å²) >= 11 is 0. The molecule has 0 unspecified atom stereocenters. The molecule has 1 saturated carbocycles. The zero-order valence-electron chi connectivity index (χ0n) is 16.1. The van der Waals surface area contributed by atoms with Gasteiger partial charge < -0.3 is 10.2 Å². The molecular weight excluding hydrogens is 308 g/mol. The van der Waals surface area contributed by atoms with E-state index in [1.54, 1.807) is 0 Å². The third-order valence-corrected chi connectivity index (χ3v) is 6.08. The second kappa shape index (κ2) is 6.40. The molecule has 2 heteroatoms. The van der Waals surface area contributed by atoms with Crippen LogP contribution in [0.25, 0.3) is 0 Å². The molecule has 0 aliphatic heterocycles. The van der Waals surface area contributed by atoms with Crippen LogP contribution in [0.1, 0.15) is 66.0 Å². The van der Waals surface area contributed by atoms with Gasteiger partial charge in [0.2, 0.25) is 0 Å². The minimum Gasteiger partial charge on any atom is -0.507 e. The first-order valence-electron chi connectivity index (χ1n) is 9.36. The Labute approximate surface area is 151 Å². The summed E-state index contributed by atoms with van der Waals surface area (Å²) in [5.41, 5.74) is 6.34. The summed E-state index contributed by atoms with van der Waals surface area (Å²) in [6.07, 6.45) is 4.71. The predicted octanol–water partition coefficient (Wildman–Crippen LogP) is 5.83. The van der Waals surface area contributed by atoms with Gasteiger partial charge in [-0.1, -0.05) is 44.0 Å². The van der Waals surface area contributed by atoms with Crippen molar-refractivity contribution < 1.29 is 10.2 Å². The lowest BCUT2D eigenvalue weighted by molar-refractivity contribution is 0.272. The molecule has 2 N–H and O–H groups in total. The summed E-state index contributed by atoms with van der Waals surface area (Å²) in [4.78, 5) is 0. The van der Waals surface area contributed by atoms with Gasteiger partial charge in [0.15, 0.2) is 0 Å². The highest BCUT2D eigenvalue weighted by Crippen LogP contribution is 2.49. The quantitative estimate of drug-likeness (QED) is 0.723. The Balaban J connectivity index is 2.25. The second-order valence-electron chi connectivity index (χ2n) is 8.20. The maximum Gasteiger partial charge on any atom is 0.121 e. The first kappa shape index (κ1) is 17.8. The van der Waals surface area contributed by atoms with E-state index >= 15 is 0 Å². The van der Waals surface area contributed by atoms with Crippen LogP contribution in [-0.4, -0.2) is 10.2 Å². The van der Waals surface area contributed by atoms with Crippen molar-refractivity contribution in [2.75, 3.05) is 0 Å². The van der Waals surface area contributed by atoms with Crippen LogP contribution in [0.15, 0.2) is 24.3 Å². The monoisotopic (exact) mass is 338 g/mol. The Kier molecular flexibility index (Phi) is 4.57. The number of hydrogen-bond acceptors (Lipinski definition) is 2. The maximum absolute atomic E-state index is 10.2. The Morgan fingerprint density at radius 1 is 0.800 bits per heavy atom. The fourth-order valence-electron chi connectivity index (χ4n) is 4.71. The van der Waals surface area contributed by atoms with Crippen LogP contribution >= 0.6 is 0 Å². The van der Waals surface area contributed by atoms with E-state index in [9.17, 15) is 10.2 Å². The number of benzene rings is 2. The number of rotatable bonds is 2. The van der Waals surface area contributed by atoms with E-state index in [2.05, 4.69) is 31.2 Å². The molecule has 0 bridgehead atoms. The summed E-state index contributed by atoms with van der Waals surface area (Å²) in [7, 11) is 0. The molecule has 1 fully saturated rings. The fourth-order valence-corrected chi connectivity index (χ4v) is 4.71. The van der Waals surface area contributed by atoms with Crippen molar-refractivity contribution in [2.24, 2.45) is 5.92 Å². The normalized spacial score (nSPS) is 19.8. The first-order valence-corrected chi connectivity index (χ1v) is 9.36. The van der Waals surface area contributed by atoms with Crippen LogP contribution in [0.2, 0.25) is 0 Å². The number of aromatic hydroxyl groups is 2. The average Bonchev–Trinajstić information content (AvgIpc) is 2.56. The smallest absolute Gasteiger partial charge is 0.121 e. The molecule has 0 heterocycles. The number of aryl methyl sites for hydroxylation is 4. The maximum atomic E-state index is 10.2. The number of phenols is 2. The lowest BCUT2D eigenvalue weighted by atomic mass is 9.62. The molecule has 0 saturated heterocycles. The van der Waals surface area contributed by atoms with Gasteiger partial charge in [-0.2, -0.15) is 0 Å². The van der Waals surface area contributed by atoms with Gasteiger partial charge in [-0.25, -0.2) is 0 Å². The molecule has 2 aromatic carbocycles. The Morgan fingerprint density at radius 3 is 1.56 bits per heavy atom. The molecule has 1 atom stereocenters. The van der Waals surface area contributed by atoms with E-state index < -0.39 is 0 Å². The molecule has 1 aliphatic carbocycles. The minimum atomic E-state index is -0.0376. The third kappa shape index (κ3) is 3.03. The molecule has 3 rings (SSSR count). The molecule has 0 radical (unpaired) electrons. The van der Waals surface area contributed by atoms with Crippen molar-refractivity contribution in [3.63, 3.8) is 0 Å². The van der Waals surface area contributed by atoms with Gasteiger partial charge in [0.05, 0.1) is 0 Å². The van der Waals surface area contributed by atoms with Gasteiger partial charge in [-0.15, -0.1) is 0 Å². The van der Waals surface area contributed by atoms with Gasteiger partial charge in [-0.05, 0) is 79.8 Å². The van der Waals surface area contributed by atoms with E-state index in [0.29, 0.717) is 17.4 Å². The van der Waals surface area contributed by atoms with Crippen molar-refractivity contribution in [2.45, 2.75) is 65.7 Å². The van der Waals surface area contributed by atoms with Gasteiger partial charge in [-0.3, -0.25) is 0 Å². The Morgan fingerprint density at radius 2 is 1.20 bits per heavy atom. The highest BCUT2D eigenvalue weighted by Gasteiger charge is 2.39. The summed E-state index contributed by atoms with van der Waals surface area (Å²) in [6.45, 7) is 10.3. The molecule has 0 amide bonds. The molecule has 0 spiro atoms. The summed E-state index contributed by atoms with van der Waals surface area (Å²) in [5.74, 6) is 1.47. The van der Waals surface area contributed by atoms with Crippen LogP contribution < -0.4 is 0 Å². The SMILES string of the molecule is Cc1cc(C2(c3cc(C)c(O)c(C)c3)CCC[C@H](C)C2)cc(C)c1O. The summed E-state index contributed by atoms with van der Waals surface area (Å²) < 4.78 is 0. The van der Waals surface area contributed by atoms with E-state index in [1.807, 2.05) is 27.7 Å². The first-order chi connectivity index (χ1) is 11.7. The third-order valence-electron chi connectivity index (χ3n) is 6.08. The Bertz CT molecular complexity index is 700. The summed E-state index contributed by atoms with van der Waals surface area (Å²) in [5, 5.41) is 20.5. The Hall–Kier alpha value is -1.96. The average molecular weight is 338 g/mol. The van der Waals surface area contributed by atoms with Crippen molar-refractivity contribution in [1.29, 1.82) is 0 Å². The predicted molar refractivity (Wildman–Crippen MR) is 104 cm³/mol. The van der Waals surface area contributed by atoms with E-state index in [4.69, 9.17) is 0 Å². The van der Waals surface area contributed by atoms with E-state index in [1.165, 1.54) is 24.0 Å². The summed E-state index contributed by atoms with van der Waals surface area (Å²) in [6, 6.07) is 8.66. The molecule has 0 aromatic heterocycles. The van der Waals surface area contributed by atoms with Gasteiger partial charge in [0.25, 0.3) is 0 Å². The lowest BCUT2D eigenvalue weighted by Crippen LogP contribution is -2.34. The minimum absolute atomic E-state index is 0.0376. The van der Waals surface area contributed by atoms with Crippen molar-refractivity contribution >= 4 is 0 Å². The molecule has 1 aliphatic rings. The van der Waals surface area contributed by atoms with Crippen LogP contribution in [0.5, 0.6) is 11.5 Å². The zero-order chi connectivity index (χ0) is 18.4. The lowest BCUT2D eigenvalue weighted by Gasteiger charge is -2.42. The molecule has 134 valence electrons. The van der Waals surface area contributed by atoms with Crippen LogP contribution in [0.4, 0.5) is 0 Å². The van der Waals surface area contributed by atoms with Crippen molar-refractivity contribution in [3.05, 3.63) is 57.6 Å². The van der Waals surface area contributed by atoms with Gasteiger partial charge in [0, 0.05) is 5.41 Å². The van der Waals surface area contributed by atoms with Gasteiger partial charge in [0.1, 0.15) is 11.5 Å². The highest BCUT2D eigenvalue weighted by atomic mass is 16.3. The highest BCUT2D eigenvalue weighted by molar-refractivity contribution is 5.52. The van der Waals surface area contributed by atoms with Crippen molar-refractivity contribution in [3.8, 4) is 11.5 Å². The van der Waals surface area contributed by atoms with Crippen molar-refractivity contribution in [1.82, 2.24) is 0 Å². The topological polar surface area (TPSA) is 40.5 Å². The van der Waals surface area contributed by atoms with E-state index in [0.717, 1.165) is 35.1 Å². The van der Waals surface area contributed by atoms with Gasteiger partial charge >= 0.3 is 0 Å². The standard InChI is InChI=1S/C23H30O2/c1-14-7-6-8-23(13-14,19-9-15(2)21(24)16(3)10-19)20-11-17(4)22(25)18(5)12-20/h9-12,14,24-25H,6-8,13H2,1-5H3/t14-/m0/s1. The molecular formula is C23H30O2. The number of hydrogen-bond donors (Lipinski definition) is 2. The molecule has 25 heavy (non-hydrogen) atoms. The van der Waals surface area contributed by atoms with E-state index in [-0.39, 0.29) is 5.41 Å². The largest absolute Gasteiger partial charge is 0.507 e. The van der Waals surface area contributed by atoms with Crippen LogP contribution in [-0.2, 0) is 5.41 Å². The zero-order valence-corrected chi connectivity index (χ0v) is 16.1. The number of phenolic OH excluding ortho intramolecular Hbond substituents is 2. The second-order valence-corrected chi connectivity index (χ2v) is 8.20. The molecule has 2 nitrogen and oxygen atoms in total. The van der Waals surface area contributed by atoms with Crippen LogP contribution in [0, 0.1) is 33.6 Å². The fraction of sp³-hybridized carbons (Fsp3) is 0.478.